The Hall–Kier alpha value is -2.27. The summed E-state index contributed by atoms with van der Waals surface area (Å²) >= 11 is 5.05. The lowest BCUT2D eigenvalue weighted by molar-refractivity contribution is 0.132. The molecule has 5 heteroatoms. The summed E-state index contributed by atoms with van der Waals surface area (Å²) in [6.07, 6.45) is -0.538. The lowest BCUT2D eigenvalue weighted by atomic mass is 10.0. The second kappa shape index (κ2) is 6.69. The zero-order chi connectivity index (χ0) is 17.3. The number of nitrogens with zero attached hydrogens (tertiary/aromatic N) is 1. The molecule has 0 fully saturated rings. The smallest absolute Gasteiger partial charge is 0.240 e. The lowest BCUT2D eigenvalue weighted by Crippen LogP contribution is -2.08. The van der Waals surface area contributed by atoms with Gasteiger partial charge in [0.2, 0.25) is 6.43 Å². The second-order valence-electron chi connectivity index (χ2n) is 5.88. The van der Waals surface area contributed by atoms with E-state index in [-0.39, 0.29) is 13.0 Å². The third kappa shape index (κ3) is 3.31. The number of thiocarbonyl (C=S) groups is 1. The van der Waals surface area contributed by atoms with Gasteiger partial charge in [-0.25, -0.2) is 8.78 Å². The first kappa shape index (κ1) is 16.6. The Morgan fingerprint density at radius 3 is 2.71 bits per heavy atom. The van der Waals surface area contributed by atoms with Crippen LogP contribution in [0.2, 0.25) is 0 Å². The summed E-state index contributed by atoms with van der Waals surface area (Å²) in [5, 5.41) is 1.04. The van der Waals surface area contributed by atoms with Gasteiger partial charge in [0.05, 0.1) is 0 Å². The molecular formula is C19H18F2N2S. The molecule has 2 aromatic carbocycles. The number of aryl methyl sites for hydroxylation is 2. The first-order valence-electron chi connectivity index (χ1n) is 7.73. The van der Waals surface area contributed by atoms with Crippen molar-refractivity contribution < 1.29 is 8.78 Å². The van der Waals surface area contributed by atoms with Gasteiger partial charge in [0, 0.05) is 41.2 Å². The van der Waals surface area contributed by atoms with Crippen LogP contribution in [0.25, 0.3) is 22.0 Å². The van der Waals surface area contributed by atoms with Crippen molar-refractivity contribution in [2.45, 2.75) is 26.3 Å². The Bertz CT molecular complexity index is 900. The molecule has 0 bridgehead atoms. The Morgan fingerprint density at radius 2 is 2.00 bits per heavy atom. The van der Waals surface area contributed by atoms with Gasteiger partial charge in [-0.1, -0.05) is 42.5 Å². The van der Waals surface area contributed by atoms with Gasteiger partial charge in [0.25, 0.3) is 0 Å². The van der Waals surface area contributed by atoms with E-state index in [9.17, 15) is 8.78 Å². The highest BCUT2D eigenvalue weighted by molar-refractivity contribution is 7.80. The summed E-state index contributed by atoms with van der Waals surface area (Å²) in [6.45, 7) is 2.28. The molecule has 24 heavy (non-hydrogen) atoms. The van der Waals surface area contributed by atoms with Crippen LogP contribution in [0.5, 0.6) is 0 Å². The van der Waals surface area contributed by atoms with Gasteiger partial charge in [0.15, 0.2) is 0 Å². The fourth-order valence-electron chi connectivity index (χ4n) is 2.89. The van der Waals surface area contributed by atoms with Gasteiger partial charge < -0.3 is 10.3 Å². The molecule has 3 aromatic rings. The van der Waals surface area contributed by atoms with Gasteiger partial charge in [-0.2, -0.15) is 0 Å². The second-order valence-corrected chi connectivity index (χ2v) is 6.32. The molecule has 1 aromatic heterocycles. The highest BCUT2D eigenvalue weighted by atomic mass is 32.1. The van der Waals surface area contributed by atoms with Crippen LogP contribution in [0.1, 0.15) is 17.5 Å². The highest BCUT2D eigenvalue weighted by Crippen LogP contribution is 2.32. The summed E-state index contributed by atoms with van der Waals surface area (Å²) in [5.41, 5.74) is 10.6. The zero-order valence-electron chi connectivity index (χ0n) is 13.3. The Labute approximate surface area is 144 Å². The molecule has 124 valence electrons. The largest absolute Gasteiger partial charge is 0.389 e. The number of fused-ring (bicyclic) bond motifs is 1. The first-order valence-corrected chi connectivity index (χ1v) is 8.14. The third-order valence-electron chi connectivity index (χ3n) is 4.08. The van der Waals surface area contributed by atoms with E-state index in [0.717, 1.165) is 33.2 Å². The standard InChI is InChI=1S/C19H18F2N2S/c1-12-5-6-15-16(13-3-2-4-14(10-13)19(22)24)11-23(17(15)9-12)8-7-18(20)21/h2-6,9-11,18H,7-8H2,1H3,(H2,22,24). The predicted octanol–water partition coefficient (Wildman–Crippen LogP) is 4.91. The molecule has 0 saturated carbocycles. The van der Waals surface area contributed by atoms with Crippen LogP contribution in [0, 0.1) is 6.92 Å². The van der Waals surface area contributed by atoms with Crippen molar-refractivity contribution in [3.8, 4) is 11.1 Å². The van der Waals surface area contributed by atoms with E-state index in [2.05, 4.69) is 0 Å². The molecule has 0 aliphatic heterocycles. The molecule has 0 aliphatic carbocycles. The first-order chi connectivity index (χ1) is 11.5. The van der Waals surface area contributed by atoms with Gasteiger partial charge >= 0.3 is 0 Å². The Kier molecular flexibility index (Phi) is 4.62. The van der Waals surface area contributed by atoms with Crippen molar-refractivity contribution in [1.29, 1.82) is 0 Å². The molecule has 1 heterocycles. The molecule has 0 amide bonds. The van der Waals surface area contributed by atoms with Gasteiger partial charge in [-0.15, -0.1) is 0 Å². The van der Waals surface area contributed by atoms with E-state index >= 15 is 0 Å². The molecule has 0 radical (unpaired) electrons. The molecule has 0 atom stereocenters. The van der Waals surface area contributed by atoms with E-state index in [0.29, 0.717) is 4.99 Å². The molecule has 2 N–H and O–H groups in total. The van der Waals surface area contributed by atoms with E-state index in [1.165, 1.54) is 0 Å². The van der Waals surface area contributed by atoms with Gasteiger partial charge in [-0.05, 0) is 30.2 Å². The molecule has 0 aliphatic rings. The average Bonchev–Trinajstić information content (AvgIpc) is 2.91. The van der Waals surface area contributed by atoms with E-state index < -0.39 is 6.43 Å². The number of rotatable bonds is 5. The fourth-order valence-corrected chi connectivity index (χ4v) is 3.02. The van der Waals surface area contributed by atoms with Crippen LogP contribution in [-0.4, -0.2) is 16.0 Å². The van der Waals surface area contributed by atoms with Crippen LogP contribution in [0.15, 0.2) is 48.7 Å². The van der Waals surface area contributed by atoms with Crippen LogP contribution >= 0.6 is 12.2 Å². The summed E-state index contributed by atoms with van der Waals surface area (Å²) in [4.78, 5) is 0.342. The normalized spacial score (nSPS) is 11.3. The molecule has 2 nitrogen and oxygen atoms in total. The minimum Gasteiger partial charge on any atom is -0.389 e. The minimum absolute atomic E-state index is 0.163. The molecule has 0 saturated heterocycles. The summed E-state index contributed by atoms with van der Waals surface area (Å²) in [6, 6.07) is 13.8. The maximum atomic E-state index is 12.6. The van der Waals surface area contributed by atoms with Crippen LogP contribution < -0.4 is 5.73 Å². The van der Waals surface area contributed by atoms with Crippen molar-refractivity contribution in [2.24, 2.45) is 5.73 Å². The third-order valence-corrected chi connectivity index (χ3v) is 4.32. The number of aromatic nitrogens is 1. The SMILES string of the molecule is Cc1ccc2c(-c3cccc(C(N)=S)c3)cn(CCC(F)F)c2c1. The van der Waals surface area contributed by atoms with E-state index in [1.54, 1.807) is 0 Å². The number of hydrogen-bond acceptors (Lipinski definition) is 1. The predicted molar refractivity (Wildman–Crippen MR) is 98.6 cm³/mol. The van der Waals surface area contributed by atoms with Gasteiger partial charge in [-0.3, -0.25) is 0 Å². The average molecular weight is 344 g/mol. The Balaban J connectivity index is 2.14. The fraction of sp³-hybridized carbons (Fsp3) is 0.211. The summed E-state index contributed by atoms with van der Waals surface area (Å²) in [7, 11) is 0. The quantitative estimate of drug-likeness (QED) is 0.667. The lowest BCUT2D eigenvalue weighted by Gasteiger charge is -2.05. The van der Waals surface area contributed by atoms with Gasteiger partial charge in [0.1, 0.15) is 4.99 Å². The molecule has 0 spiro atoms. The van der Waals surface area contributed by atoms with Crippen molar-refractivity contribution in [2.75, 3.05) is 0 Å². The highest BCUT2D eigenvalue weighted by Gasteiger charge is 2.13. The maximum absolute atomic E-state index is 12.6. The van der Waals surface area contributed by atoms with E-state index in [4.69, 9.17) is 18.0 Å². The number of halogens is 2. The minimum atomic E-state index is -2.31. The maximum Gasteiger partial charge on any atom is 0.240 e. The van der Waals surface area contributed by atoms with Crippen LogP contribution in [-0.2, 0) is 6.54 Å². The topological polar surface area (TPSA) is 30.9 Å². The molecule has 0 unspecified atom stereocenters. The van der Waals surface area contributed by atoms with Crippen molar-refractivity contribution in [1.82, 2.24) is 4.57 Å². The number of nitrogens with two attached hydrogens (primary N) is 1. The van der Waals surface area contributed by atoms with E-state index in [1.807, 2.05) is 60.2 Å². The zero-order valence-corrected chi connectivity index (χ0v) is 14.1. The monoisotopic (exact) mass is 344 g/mol. The van der Waals surface area contributed by atoms with Crippen LogP contribution in [0.3, 0.4) is 0 Å². The number of hydrogen-bond donors (Lipinski definition) is 1. The van der Waals surface area contributed by atoms with Crippen molar-refractivity contribution in [3.05, 3.63) is 59.8 Å². The summed E-state index contributed by atoms with van der Waals surface area (Å²) < 4.78 is 27.2. The van der Waals surface area contributed by atoms with Crippen molar-refractivity contribution >= 4 is 28.1 Å². The molecular weight excluding hydrogens is 326 g/mol. The Morgan fingerprint density at radius 1 is 1.21 bits per heavy atom. The summed E-state index contributed by atoms with van der Waals surface area (Å²) in [5.74, 6) is 0. The van der Waals surface area contributed by atoms with Crippen LogP contribution in [0.4, 0.5) is 8.78 Å². The van der Waals surface area contributed by atoms with Crippen molar-refractivity contribution in [3.63, 3.8) is 0 Å². The number of benzene rings is 2. The molecule has 3 rings (SSSR count). The number of alkyl halides is 2.